The molecule has 0 bridgehead atoms. The normalized spacial score (nSPS) is 20.8. The van der Waals surface area contributed by atoms with Crippen LogP contribution < -0.4 is 4.48 Å². The predicted molar refractivity (Wildman–Crippen MR) is 76.1 cm³/mol. The molecule has 1 aromatic rings. The van der Waals surface area contributed by atoms with E-state index in [-0.39, 0.29) is 0 Å². The summed E-state index contributed by atoms with van der Waals surface area (Å²) in [7, 11) is 2.37. The molecule has 1 nitrogen and oxygen atoms in total. The first-order valence-corrected chi connectivity index (χ1v) is 6.79. The third-order valence-electron chi connectivity index (χ3n) is 4.24. The Kier molecular flexibility index (Phi) is 4.01. The predicted octanol–water partition coefficient (Wildman–Crippen LogP) is 4.14. The van der Waals surface area contributed by atoms with Crippen molar-refractivity contribution >= 4 is 5.69 Å². The zero-order valence-corrected chi connectivity index (χ0v) is 10.9. The quantitative estimate of drug-likeness (QED) is 0.538. The average Bonchev–Trinajstić information content (AvgIpc) is 2.41. The maximum absolute atomic E-state index is 3.95. The van der Waals surface area contributed by atoms with Gasteiger partial charge in [-0.05, 0) is 43.9 Å². The van der Waals surface area contributed by atoms with E-state index in [9.17, 15) is 0 Å². The molecular formula is C16H24N+. The molecule has 1 aliphatic rings. The molecule has 0 aromatic heterocycles. The summed E-state index contributed by atoms with van der Waals surface area (Å²) in [6.45, 7) is 4.99. The van der Waals surface area contributed by atoms with E-state index in [2.05, 4.69) is 50.0 Å². The third kappa shape index (κ3) is 2.61. The van der Waals surface area contributed by atoms with Crippen LogP contribution in [0.15, 0.2) is 43.0 Å². The van der Waals surface area contributed by atoms with Gasteiger partial charge in [0, 0.05) is 0 Å². The van der Waals surface area contributed by atoms with Gasteiger partial charge in [-0.15, -0.1) is 0 Å². The molecule has 1 aromatic carbocycles. The van der Waals surface area contributed by atoms with Gasteiger partial charge in [0.05, 0.1) is 13.1 Å². The lowest BCUT2D eigenvalue weighted by molar-refractivity contribution is 0.210. The van der Waals surface area contributed by atoms with E-state index in [0.717, 1.165) is 17.1 Å². The summed E-state index contributed by atoms with van der Waals surface area (Å²) in [4.78, 5) is 0. The molecule has 2 rings (SSSR count). The number of para-hydroxylation sites is 1. The van der Waals surface area contributed by atoms with Crippen molar-refractivity contribution in [1.29, 1.82) is 0 Å². The third-order valence-corrected chi connectivity index (χ3v) is 4.24. The maximum atomic E-state index is 3.95. The van der Waals surface area contributed by atoms with Crippen LogP contribution in [0.25, 0.3) is 0 Å². The molecule has 17 heavy (non-hydrogen) atoms. The van der Waals surface area contributed by atoms with Gasteiger partial charge in [0.15, 0.2) is 0 Å². The van der Waals surface area contributed by atoms with Crippen molar-refractivity contribution in [3.63, 3.8) is 0 Å². The first kappa shape index (κ1) is 12.4. The molecule has 0 radical (unpaired) electrons. The Balaban J connectivity index is 2.27. The van der Waals surface area contributed by atoms with E-state index in [4.69, 9.17) is 0 Å². The minimum atomic E-state index is 0.768. The summed E-state index contributed by atoms with van der Waals surface area (Å²) >= 11 is 0. The van der Waals surface area contributed by atoms with E-state index >= 15 is 0 Å². The molecule has 0 saturated heterocycles. The summed E-state index contributed by atoms with van der Waals surface area (Å²) in [5.41, 5.74) is 1.43. The smallest absolute Gasteiger partial charge is 0.133 e. The van der Waals surface area contributed by atoms with Crippen molar-refractivity contribution in [2.75, 3.05) is 13.6 Å². The highest BCUT2D eigenvalue weighted by Crippen LogP contribution is 2.32. The number of quaternary nitrogens is 1. The lowest BCUT2D eigenvalue weighted by Crippen LogP contribution is -2.54. The molecule has 1 fully saturated rings. The molecule has 1 atom stereocenters. The lowest BCUT2D eigenvalue weighted by Gasteiger charge is -2.42. The largest absolute Gasteiger partial charge is 0.288 e. The van der Waals surface area contributed by atoms with Gasteiger partial charge in [0.25, 0.3) is 0 Å². The first-order valence-electron chi connectivity index (χ1n) is 6.79. The van der Waals surface area contributed by atoms with Crippen LogP contribution in [0.2, 0.25) is 0 Å². The molecule has 92 valence electrons. The van der Waals surface area contributed by atoms with Crippen LogP contribution in [0.4, 0.5) is 5.69 Å². The SMILES string of the molecule is C=CC[N+](C)(c1ccccc1)C1CCCCC1. The molecule has 0 heterocycles. The Morgan fingerprint density at radius 3 is 2.41 bits per heavy atom. The molecule has 0 aliphatic heterocycles. The van der Waals surface area contributed by atoms with Crippen LogP contribution in [-0.4, -0.2) is 19.6 Å². The lowest BCUT2D eigenvalue weighted by atomic mass is 9.92. The Hall–Kier alpha value is -1.08. The summed E-state index contributed by atoms with van der Waals surface area (Å²) in [5.74, 6) is 0. The van der Waals surface area contributed by atoms with Crippen LogP contribution in [0, 0.1) is 0 Å². The minimum absolute atomic E-state index is 0.768. The van der Waals surface area contributed by atoms with Gasteiger partial charge in [-0.3, -0.25) is 4.48 Å². The number of nitrogens with zero attached hydrogens (tertiary/aromatic N) is 1. The second kappa shape index (κ2) is 5.50. The number of likely N-dealkylation sites (N-methyl/N-ethyl adjacent to an activating group) is 1. The molecule has 0 amide bonds. The Labute approximate surface area is 105 Å². The molecule has 1 saturated carbocycles. The zero-order valence-electron chi connectivity index (χ0n) is 10.9. The van der Waals surface area contributed by atoms with Gasteiger partial charge in [-0.2, -0.15) is 0 Å². The number of rotatable bonds is 4. The molecule has 1 heteroatoms. The van der Waals surface area contributed by atoms with Gasteiger partial charge >= 0.3 is 0 Å². The molecule has 1 unspecified atom stereocenters. The van der Waals surface area contributed by atoms with Crippen LogP contribution in [0.5, 0.6) is 0 Å². The number of hydrogen-bond acceptors (Lipinski definition) is 0. The van der Waals surface area contributed by atoms with Crippen molar-refractivity contribution in [2.45, 2.75) is 38.1 Å². The highest BCUT2D eigenvalue weighted by molar-refractivity contribution is 5.43. The highest BCUT2D eigenvalue weighted by atomic mass is 15.4. The first-order chi connectivity index (χ1) is 8.27. The fourth-order valence-corrected chi connectivity index (χ4v) is 3.15. The highest BCUT2D eigenvalue weighted by Gasteiger charge is 2.34. The van der Waals surface area contributed by atoms with Crippen LogP contribution in [-0.2, 0) is 0 Å². The maximum Gasteiger partial charge on any atom is 0.133 e. The fourth-order valence-electron chi connectivity index (χ4n) is 3.15. The van der Waals surface area contributed by atoms with Crippen LogP contribution in [0.3, 0.4) is 0 Å². The Morgan fingerprint density at radius 2 is 1.82 bits per heavy atom. The van der Waals surface area contributed by atoms with Gasteiger partial charge in [-0.1, -0.05) is 31.2 Å². The van der Waals surface area contributed by atoms with E-state index in [1.807, 2.05) is 0 Å². The van der Waals surface area contributed by atoms with Crippen molar-refractivity contribution in [3.8, 4) is 0 Å². The topological polar surface area (TPSA) is 0 Å². The Bertz CT molecular complexity index is 351. The van der Waals surface area contributed by atoms with Gasteiger partial charge in [-0.25, -0.2) is 0 Å². The molecule has 0 N–H and O–H groups in total. The second-order valence-electron chi connectivity index (χ2n) is 5.37. The summed E-state index contributed by atoms with van der Waals surface area (Å²) in [5, 5.41) is 0. The monoisotopic (exact) mass is 230 g/mol. The summed E-state index contributed by atoms with van der Waals surface area (Å²) in [6.07, 6.45) is 8.99. The van der Waals surface area contributed by atoms with E-state index in [0.29, 0.717) is 0 Å². The zero-order chi connectivity index (χ0) is 12.1. The number of hydrogen-bond donors (Lipinski definition) is 0. The molecule has 1 aliphatic carbocycles. The standard InChI is InChI=1S/C16H24N/c1-3-14-17(2,15-10-6-4-7-11-15)16-12-8-5-9-13-16/h3-4,6-7,10-11,16H,1,5,8-9,12-14H2,2H3/q+1. The van der Waals surface area contributed by atoms with Crippen molar-refractivity contribution in [2.24, 2.45) is 0 Å². The Morgan fingerprint density at radius 1 is 1.18 bits per heavy atom. The van der Waals surface area contributed by atoms with Crippen molar-refractivity contribution in [1.82, 2.24) is 4.48 Å². The van der Waals surface area contributed by atoms with Gasteiger partial charge < -0.3 is 0 Å². The number of benzene rings is 1. The summed E-state index contributed by atoms with van der Waals surface area (Å²) in [6, 6.07) is 11.7. The van der Waals surface area contributed by atoms with Gasteiger partial charge in [0.1, 0.15) is 12.2 Å². The van der Waals surface area contributed by atoms with Crippen LogP contribution in [0.1, 0.15) is 32.1 Å². The average molecular weight is 230 g/mol. The van der Waals surface area contributed by atoms with E-state index in [1.54, 1.807) is 0 Å². The summed E-state index contributed by atoms with van der Waals surface area (Å²) < 4.78 is 1.03. The van der Waals surface area contributed by atoms with Crippen molar-refractivity contribution < 1.29 is 0 Å². The molecule has 0 spiro atoms. The second-order valence-corrected chi connectivity index (χ2v) is 5.37. The fraction of sp³-hybridized carbons (Fsp3) is 0.500. The van der Waals surface area contributed by atoms with Crippen LogP contribution >= 0.6 is 0 Å². The minimum Gasteiger partial charge on any atom is -0.288 e. The van der Waals surface area contributed by atoms with Crippen molar-refractivity contribution in [3.05, 3.63) is 43.0 Å². The molecular weight excluding hydrogens is 206 g/mol. The van der Waals surface area contributed by atoms with Gasteiger partial charge in [0.2, 0.25) is 0 Å². The van der Waals surface area contributed by atoms with E-state index in [1.165, 1.54) is 37.8 Å². The van der Waals surface area contributed by atoms with E-state index < -0.39 is 0 Å².